The van der Waals surface area contributed by atoms with Crippen molar-refractivity contribution in [2.45, 2.75) is 90.0 Å². The Morgan fingerprint density at radius 1 is 0.900 bits per heavy atom. The third kappa shape index (κ3) is 9.65. The van der Waals surface area contributed by atoms with Gasteiger partial charge in [-0.2, -0.15) is 0 Å². The van der Waals surface area contributed by atoms with Crippen molar-refractivity contribution in [1.29, 1.82) is 0 Å². The summed E-state index contributed by atoms with van der Waals surface area (Å²) < 4.78 is 27.0. The molecule has 0 amide bonds. The molecule has 4 heteroatoms. The first-order valence-electron chi connectivity index (χ1n) is 8.13. The van der Waals surface area contributed by atoms with Crippen molar-refractivity contribution in [2.24, 2.45) is 0 Å². The summed E-state index contributed by atoms with van der Waals surface area (Å²) >= 11 is 0. The lowest BCUT2D eigenvalue weighted by Gasteiger charge is -2.33. The van der Waals surface area contributed by atoms with Crippen molar-refractivity contribution in [1.82, 2.24) is 5.32 Å². The smallest absolute Gasteiger partial charge is 0.262 e. The highest BCUT2D eigenvalue weighted by Crippen LogP contribution is 2.24. The van der Waals surface area contributed by atoms with Crippen LogP contribution in [0.3, 0.4) is 0 Å². The van der Waals surface area contributed by atoms with Crippen LogP contribution in [0.4, 0.5) is 8.78 Å². The summed E-state index contributed by atoms with van der Waals surface area (Å²) in [7, 11) is 0. The zero-order valence-electron chi connectivity index (χ0n) is 13.5. The van der Waals surface area contributed by atoms with Crippen LogP contribution >= 0.6 is 0 Å². The number of nitrogens with one attached hydrogen (secondary N) is 1. The molecule has 20 heavy (non-hydrogen) atoms. The molecule has 1 atom stereocenters. The fourth-order valence-electron chi connectivity index (χ4n) is 2.41. The average Bonchev–Trinajstić information content (AvgIpc) is 2.40. The van der Waals surface area contributed by atoms with E-state index in [1.165, 1.54) is 19.3 Å². The fourth-order valence-corrected chi connectivity index (χ4v) is 2.41. The molecule has 2 nitrogen and oxygen atoms in total. The Morgan fingerprint density at radius 2 is 1.50 bits per heavy atom. The topological polar surface area (TPSA) is 32.3 Å². The van der Waals surface area contributed by atoms with Gasteiger partial charge in [-0.1, -0.05) is 52.4 Å². The maximum Gasteiger partial charge on any atom is 0.262 e. The van der Waals surface area contributed by atoms with E-state index in [1.54, 1.807) is 0 Å². The molecule has 0 radical (unpaired) electrons. The number of halogens is 2. The van der Waals surface area contributed by atoms with Gasteiger partial charge in [-0.15, -0.1) is 0 Å². The zero-order valence-corrected chi connectivity index (χ0v) is 13.5. The van der Waals surface area contributed by atoms with E-state index in [-0.39, 0.29) is 12.1 Å². The largest absolute Gasteiger partial charge is 0.396 e. The monoisotopic (exact) mass is 293 g/mol. The van der Waals surface area contributed by atoms with E-state index in [4.69, 9.17) is 5.11 Å². The number of unbranched alkanes of at least 4 members (excludes halogenated alkanes) is 4. The minimum atomic E-state index is -2.81. The van der Waals surface area contributed by atoms with Crippen LogP contribution in [0.25, 0.3) is 0 Å². The molecule has 0 rings (SSSR count). The van der Waals surface area contributed by atoms with Crippen LogP contribution in [0.15, 0.2) is 0 Å². The molecule has 0 saturated carbocycles. The van der Waals surface area contributed by atoms with Crippen molar-refractivity contribution in [3.8, 4) is 0 Å². The Bertz CT molecular complexity index is 237. The number of alkyl halides is 2. The van der Waals surface area contributed by atoms with Gasteiger partial charge in [-0.05, 0) is 19.8 Å². The van der Waals surface area contributed by atoms with Gasteiger partial charge in [0.05, 0.1) is 6.54 Å². The fraction of sp³-hybridized carbons (Fsp3) is 1.00. The first-order chi connectivity index (χ1) is 9.39. The molecule has 0 aliphatic rings. The standard InChI is InChI=1S/C16H33F2NO/c1-4-6-8-9-11-15(3,10-7-5-2)19-14-16(17,18)12-13-20/h19-20H,4-14H2,1-3H3. The second-order valence-corrected chi connectivity index (χ2v) is 6.16. The molecule has 0 aromatic carbocycles. The van der Waals surface area contributed by atoms with Gasteiger partial charge in [0, 0.05) is 18.6 Å². The minimum absolute atomic E-state index is 0.206. The average molecular weight is 293 g/mol. The highest BCUT2D eigenvalue weighted by atomic mass is 19.3. The lowest BCUT2D eigenvalue weighted by molar-refractivity contribution is -0.0266. The minimum Gasteiger partial charge on any atom is -0.396 e. The summed E-state index contributed by atoms with van der Waals surface area (Å²) in [5.41, 5.74) is -0.206. The summed E-state index contributed by atoms with van der Waals surface area (Å²) in [6.07, 6.45) is 8.23. The molecule has 0 heterocycles. The number of aliphatic hydroxyl groups excluding tert-OH is 1. The first kappa shape index (κ1) is 19.8. The molecule has 0 fully saturated rings. The summed E-state index contributed by atoms with van der Waals surface area (Å²) in [4.78, 5) is 0. The van der Waals surface area contributed by atoms with Crippen LogP contribution in [-0.4, -0.2) is 29.7 Å². The van der Waals surface area contributed by atoms with E-state index >= 15 is 0 Å². The molecule has 0 aliphatic carbocycles. The van der Waals surface area contributed by atoms with Gasteiger partial charge in [0.2, 0.25) is 0 Å². The van der Waals surface area contributed by atoms with Crippen LogP contribution in [-0.2, 0) is 0 Å². The molecule has 0 aliphatic heterocycles. The molecule has 2 N–H and O–H groups in total. The maximum absolute atomic E-state index is 13.5. The summed E-state index contributed by atoms with van der Waals surface area (Å²) in [6.45, 7) is 5.56. The second kappa shape index (κ2) is 10.5. The van der Waals surface area contributed by atoms with Gasteiger partial charge >= 0.3 is 0 Å². The van der Waals surface area contributed by atoms with Crippen molar-refractivity contribution in [3.05, 3.63) is 0 Å². The molecule has 122 valence electrons. The second-order valence-electron chi connectivity index (χ2n) is 6.16. The molecule has 0 aromatic rings. The van der Waals surface area contributed by atoms with Crippen LogP contribution in [0.2, 0.25) is 0 Å². The van der Waals surface area contributed by atoms with Crippen LogP contribution in [0.5, 0.6) is 0 Å². The van der Waals surface area contributed by atoms with E-state index in [0.717, 1.165) is 32.1 Å². The van der Waals surface area contributed by atoms with Crippen molar-refractivity contribution in [3.63, 3.8) is 0 Å². The SMILES string of the molecule is CCCCCCC(C)(CCCC)NCC(F)(F)CCO. The maximum atomic E-state index is 13.5. The lowest BCUT2D eigenvalue weighted by Crippen LogP contribution is -2.48. The molecule has 0 bridgehead atoms. The number of rotatable bonds is 13. The van der Waals surface area contributed by atoms with Crippen LogP contribution < -0.4 is 5.32 Å². The Kier molecular flexibility index (Phi) is 10.4. The van der Waals surface area contributed by atoms with Gasteiger partial charge in [0.25, 0.3) is 5.92 Å². The molecular weight excluding hydrogens is 260 g/mol. The summed E-state index contributed by atoms with van der Waals surface area (Å²) in [5.74, 6) is -2.81. The van der Waals surface area contributed by atoms with Crippen LogP contribution in [0.1, 0.15) is 78.6 Å². The third-order valence-corrected chi connectivity index (χ3v) is 3.92. The number of hydrogen-bond acceptors (Lipinski definition) is 2. The van der Waals surface area contributed by atoms with Gasteiger partial charge in [-0.25, -0.2) is 8.78 Å². The van der Waals surface area contributed by atoms with Gasteiger partial charge in [-0.3, -0.25) is 0 Å². The number of aliphatic hydroxyl groups is 1. The predicted molar refractivity (Wildman–Crippen MR) is 81.3 cm³/mol. The van der Waals surface area contributed by atoms with Gasteiger partial charge in [0.1, 0.15) is 0 Å². The van der Waals surface area contributed by atoms with E-state index in [9.17, 15) is 8.78 Å². The Labute approximate surface area is 123 Å². The van der Waals surface area contributed by atoms with Gasteiger partial charge < -0.3 is 10.4 Å². The third-order valence-electron chi connectivity index (χ3n) is 3.92. The van der Waals surface area contributed by atoms with Crippen molar-refractivity contribution >= 4 is 0 Å². The first-order valence-corrected chi connectivity index (χ1v) is 8.13. The van der Waals surface area contributed by atoms with Crippen molar-refractivity contribution < 1.29 is 13.9 Å². The highest BCUT2D eigenvalue weighted by molar-refractivity contribution is 4.85. The summed E-state index contributed by atoms with van der Waals surface area (Å²) in [6, 6.07) is 0. The van der Waals surface area contributed by atoms with E-state index < -0.39 is 19.0 Å². The van der Waals surface area contributed by atoms with E-state index in [2.05, 4.69) is 26.1 Å². The van der Waals surface area contributed by atoms with E-state index in [1.807, 2.05) is 0 Å². The van der Waals surface area contributed by atoms with E-state index in [0.29, 0.717) is 0 Å². The summed E-state index contributed by atoms with van der Waals surface area (Å²) in [5, 5.41) is 11.7. The molecule has 0 spiro atoms. The quantitative estimate of drug-likeness (QED) is 0.490. The predicted octanol–water partition coefficient (Wildman–Crippen LogP) is 4.51. The van der Waals surface area contributed by atoms with Crippen molar-refractivity contribution in [2.75, 3.05) is 13.2 Å². The normalized spacial score (nSPS) is 15.3. The Balaban J connectivity index is 4.29. The number of hydrogen-bond donors (Lipinski definition) is 2. The molecular formula is C16H33F2NO. The zero-order chi connectivity index (χ0) is 15.5. The Hall–Kier alpha value is -0.220. The van der Waals surface area contributed by atoms with Crippen LogP contribution in [0, 0.1) is 0 Å². The molecule has 0 saturated heterocycles. The Morgan fingerprint density at radius 3 is 2.05 bits per heavy atom. The molecule has 1 unspecified atom stereocenters. The lowest BCUT2D eigenvalue weighted by atomic mass is 9.88. The molecule has 0 aromatic heterocycles. The van der Waals surface area contributed by atoms with Gasteiger partial charge in [0.15, 0.2) is 0 Å². The highest BCUT2D eigenvalue weighted by Gasteiger charge is 2.32.